The maximum Gasteiger partial charge on any atom is 0.255 e. The number of halogens is 2. The van der Waals surface area contributed by atoms with Gasteiger partial charge in [0.15, 0.2) is 11.6 Å². The molecular weight excluding hydrogens is 634 g/mol. The van der Waals surface area contributed by atoms with Crippen molar-refractivity contribution in [1.82, 2.24) is 23.7 Å². The lowest BCUT2D eigenvalue weighted by Gasteiger charge is -2.28. The number of benzene rings is 1. The number of pyridine rings is 1. The van der Waals surface area contributed by atoms with E-state index in [1.807, 2.05) is 0 Å². The van der Waals surface area contributed by atoms with Crippen LogP contribution in [0, 0.1) is 5.82 Å². The smallest absolute Gasteiger partial charge is 0.255 e. The number of anilines is 2. The third-order valence-electron chi connectivity index (χ3n) is 7.18. The highest BCUT2D eigenvalue weighted by atomic mass is 127. The number of hydrogen-bond donors (Lipinski definition) is 4. The van der Waals surface area contributed by atoms with Crippen molar-refractivity contribution in [3.63, 3.8) is 0 Å². The van der Waals surface area contributed by atoms with Crippen LogP contribution in [0.25, 0.3) is 11.3 Å². The summed E-state index contributed by atoms with van der Waals surface area (Å²) in [4.78, 5) is 48.0. The highest BCUT2D eigenvalue weighted by Crippen LogP contribution is 2.42. The molecule has 3 aromatic rings. The van der Waals surface area contributed by atoms with Gasteiger partial charge in [-0.2, -0.15) is 0 Å². The van der Waals surface area contributed by atoms with Crippen molar-refractivity contribution in [3.05, 3.63) is 53.7 Å². The molecule has 0 saturated carbocycles. The minimum Gasteiger partial charge on any atom is -0.494 e. The van der Waals surface area contributed by atoms with E-state index in [1.54, 1.807) is 52.3 Å². The molecule has 0 aliphatic carbocycles. The van der Waals surface area contributed by atoms with Crippen LogP contribution in [0.4, 0.5) is 15.8 Å². The molecule has 1 saturated heterocycles. The number of carbonyl (C=O) groups is 3. The average Bonchev–Trinajstić information content (AvgIpc) is 3.58. The normalized spacial score (nSPS) is 18.1. The fourth-order valence-corrected chi connectivity index (χ4v) is 5.75. The van der Waals surface area contributed by atoms with E-state index in [9.17, 15) is 18.8 Å². The van der Waals surface area contributed by atoms with E-state index in [0.29, 0.717) is 59.0 Å². The first-order chi connectivity index (χ1) is 19.4. The molecule has 3 amide bonds. The molecule has 0 bridgehead atoms. The lowest BCUT2D eigenvalue weighted by molar-refractivity contribution is -0.137. The van der Waals surface area contributed by atoms with E-state index in [1.165, 1.54) is 26.4 Å². The molecule has 11 nitrogen and oxygen atoms in total. The second-order valence-electron chi connectivity index (χ2n) is 9.53. The number of aromatic nitrogens is 2. The van der Waals surface area contributed by atoms with Crippen molar-refractivity contribution in [2.45, 2.75) is 37.8 Å². The summed E-state index contributed by atoms with van der Waals surface area (Å²) in [6.45, 7) is 0.498. The number of hydrogen-bond acceptors (Lipinski definition) is 7. The Balaban J connectivity index is 1.50. The number of likely N-dealkylation sites (tertiary alicyclic amines) is 1. The number of rotatable bonds is 8. The maximum absolute atomic E-state index is 14.5. The number of amides is 3. The largest absolute Gasteiger partial charge is 0.494 e. The Morgan fingerprint density at radius 2 is 2.08 bits per heavy atom. The SMILES string of the molecule is COc1cnccc1-c1[nH]c2c(c1Nc1cccc(F)c1OC)C(=O)NC(CC(=O)N1CCCC1C(=O)NI)C2. The highest BCUT2D eigenvalue weighted by Gasteiger charge is 2.37. The van der Waals surface area contributed by atoms with Crippen LogP contribution in [0.1, 0.15) is 35.3 Å². The number of methoxy groups -OCH3 is 2. The summed E-state index contributed by atoms with van der Waals surface area (Å²) in [5, 5.41) is 6.14. The molecule has 4 heterocycles. The lowest BCUT2D eigenvalue weighted by atomic mass is 9.97. The molecule has 5 rings (SSSR count). The van der Waals surface area contributed by atoms with Crippen LogP contribution >= 0.6 is 22.9 Å². The number of aromatic amines is 1. The number of fused-ring (bicyclic) bond motifs is 1. The molecule has 40 heavy (non-hydrogen) atoms. The van der Waals surface area contributed by atoms with Crippen LogP contribution in [0.2, 0.25) is 0 Å². The Hall–Kier alpha value is -3.88. The first kappa shape index (κ1) is 27.7. The van der Waals surface area contributed by atoms with Gasteiger partial charge in [-0.3, -0.25) is 22.9 Å². The molecule has 2 unspecified atom stereocenters. The van der Waals surface area contributed by atoms with Gasteiger partial charge in [0.2, 0.25) is 5.91 Å². The van der Waals surface area contributed by atoms with E-state index in [-0.39, 0.29) is 24.0 Å². The van der Waals surface area contributed by atoms with Gasteiger partial charge in [0, 0.05) is 42.9 Å². The lowest BCUT2D eigenvalue weighted by Crippen LogP contribution is -2.48. The van der Waals surface area contributed by atoms with Crippen molar-refractivity contribution in [3.8, 4) is 22.8 Å². The van der Waals surface area contributed by atoms with Crippen LogP contribution in [0.5, 0.6) is 11.5 Å². The van der Waals surface area contributed by atoms with Gasteiger partial charge in [-0.25, -0.2) is 4.39 Å². The van der Waals surface area contributed by atoms with Gasteiger partial charge >= 0.3 is 0 Å². The number of H-pyrrole nitrogens is 1. The number of nitrogens with zero attached hydrogens (tertiary/aromatic N) is 2. The van der Waals surface area contributed by atoms with Crippen LogP contribution in [-0.4, -0.2) is 65.4 Å². The Bertz CT molecular complexity index is 1460. The molecular formula is C27H28FIN6O5. The zero-order valence-corrected chi connectivity index (χ0v) is 24.0. The molecule has 4 N–H and O–H groups in total. The third kappa shape index (κ3) is 5.17. The third-order valence-corrected chi connectivity index (χ3v) is 7.72. The summed E-state index contributed by atoms with van der Waals surface area (Å²) < 4.78 is 27.9. The van der Waals surface area contributed by atoms with Crippen molar-refractivity contribution in [1.29, 1.82) is 0 Å². The molecule has 13 heteroatoms. The zero-order chi connectivity index (χ0) is 28.4. The summed E-state index contributed by atoms with van der Waals surface area (Å²) in [6, 6.07) is 5.22. The Labute approximate surface area is 243 Å². The quantitative estimate of drug-likeness (QED) is 0.214. The molecule has 1 aromatic carbocycles. The molecule has 2 atom stereocenters. The van der Waals surface area contributed by atoms with Gasteiger partial charge in [0.1, 0.15) is 11.8 Å². The standard InChI is InChI=1S/C27H28FIN6O5/c1-39-20-13-30-9-8-15(20)23-24(32-17-6-3-5-16(28)25(17)40-2)22-18(33-23)11-14(31-27(22)38)12-21(36)35-10-4-7-19(35)26(37)34-29/h3,5-6,8-9,13-14,19,32-33H,4,7,10-12H2,1-2H3,(H,31,38)(H,34,37). The van der Waals surface area contributed by atoms with Gasteiger partial charge in [-0.05, 0) is 31.0 Å². The number of carbonyl (C=O) groups excluding carboxylic acids is 3. The summed E-state index contributed by atoms with van der Waals surface area (Å²) >= 11 is 1.78. The van der Waals surface area contributed by atoms with Crippen molar-refractivity contribution < 1.29 is 28.2 Å². The van der Waals surface area contributed by atoms with Crippen molar-refractivity contribution >= 4 is 52.0 Å². The van der Waals surface area contributed by atoms with E-state index in [0.717, 1.165) is 6.42 Å². The monoisotopic (exact) mass is 662 g/mol. The fourth-order valence-electron chi connectivity index (χ4n) is 5.39. The first-order valence-electron chi connectivity index (χ1n) is 12.7. The summed E-state index contributed by atoms with van der Waals surface area (Å²) in [5.41, 5.74) is 2.86. The average molecular weight is 662 g/mol. The van der Waals surface area contributed by atoms with E-state index >= 15 is 0 Å². The van der Waals surface area contributed by atoms with Crippen molar-refractivity contribution in [2.75, 3.05) is 26.1 Å². The molecule has 2 aliphatic heterocycles. The molecule has 2 aliphatic rings. The Morgan fingerprint density at radius 1 is 1.25 bits per heavy atom. The Morgan fingerprint density at radius 3 is 2.83 bits per heavy atom. The van der Waals surface area contributed by atoms with Gasteiger partial charge in [-0.1, -0.05) is 6.07 Å². The molecule has 1 fully saturated rings. The van der Waals surface area contributed by atoms with Crippen LogP contribution in [-0.2, 0) is 16.0 Å². The number of ether oxygens (including phenoxy) is 2. The zero-order valence-electron chi connectivity index (χ0n) is 21.8. The van der Waals surface area contributed by atoms with Gasteiger partial charge < -0.3 is 30.0 Å². The minimum absolute atomic E-state index is 0.000455. The van der Waals surface area contributed by atoms with Crippen LogP contribution in [0.15, 0.2) is 36.7 Å². The van der Waals surface area contributed by atoms with E-state index in [4.69, 9.17) is 9.47 Å². The topological polar surface area (TPSA) is 138 Å². The first-order valence-corrected chi connectivity index (χ1v) is 13.8. The summed E-state index contributed by atoms with van der Waals surface area (Å²) in [7, 11) is 2.89. The Kier molecular flexibility index (Phi) is 8.09. The second-order valence-corrected chi connectivity index (χ2v) is 10.1. The highest BCUT2D eigenvalue weighted by molar-refractivity contribution is 14.1. The minimum atomic E-state index is -0.556. The van der Waals surface area contributed by atoms with Gasteiger partial charge in [0.25, 0.3) is 11.8 Å². The van der Waals surface area contributed by atoms with Crippen molar-refractivity contribution in [2.24, 2.45) is 0 Å². The maximum atomic E-state index is 14.5. The van der Waals surface area contributed by atoms with E-state index < -0.39 is 23.8 Å². The van der Waals surface area contributed by atoms with Crippen LogP contribution < -0.4 is 23.6 Å². The van der Waals surface area contributed by atoms with Gasteiger partial charge in [-0.15, -0.1) is 0 Å². The molecule has 0 spiro atoms. The number of nitrogens with one attached hydrogen (secondary N) is 4. The summed E-state index contributed by atoms with van der Waals surface area (Å²) in [6.07, 6.45) is 4.89. The van der Waals surface area contributed by atoms with E-state index in [2.05, 4.69) is 24.1 Å². The van der Waals surface area contributed by atoms with Crippen LogP contribution in [0.3, 0.4) is 0 Å². The number of para-hydroxylation sites is 1. The van der Waals surface area contributed by atoms with Gasteiger partial charge in [0.05, 0.1) is 65.9 Å². The molecule has 2 aromatic heterocycles. The predicted octanol–water partition coefficient (Wildman–Crippen LogP) is 3.48. The fraction of sp³-hybridized carbons (Fsp3) is 0.333. The molecule has 0 radical (unpaired) electrons. The summed E-state index contributed by atoms with van der Waals surface area (Å²) in [5.74, 6) is -0.877. The second kappa shape index (κ2) is 11.7. The predicted molar refractivity (Wildman–Crippen MR) is 153 cm³/mol. The molecule has 210 valence electrons.